The molecule has 0 saturated heterocycles. The zero-order valence-electron chi connectivity index (χ0n) is 13.7. The summed E-state index contributed by atoms with van der Waals surface area (Å²) in [5.74, 6) is 3.39. The fraction of sp³-hybridized carbons (Fsp3) is 0.294. The molecule has 0 fully saturated rings. The Morgan fingerprint density at radius 2 is 2.16 bits per heavy atom. The molecule has 0 amide bonds. The lowest BCUT2D eigenvalue weighted by Crippen LogP contribution is -2.17. The van der Waals surface area contributed by atoms with Gasteiger partial charge >= 0.3 is 0 Å². The van der Waals surface area contributed by atoms with Crippen LogP contribution in [0.2, 0.25) is 0 Å². The van der Waals surface area contributed by atoms with Gasteiger partial charge in [-0.05, 0) is 23.8 Å². The number of thioether (sulfide) groups is 1. The van der Waals surface area contributed by atoms with E-state index in [1.165, 1.54) is 0 Å². The number of aromatic amines is 2. The van der Waals surface area contributed by atoms with Crippen molar-refractivity contribution in [2.45, 2.75) is 18.6 Å². The van der Waals surface area contributed by atoms with Gasteiger partial charge in [-0.1, -0.05) is 6.07 Å². The molecular formula is C17H20N6OS. The number of hydrogen-bond acceptors (Lipinski definition) is 6. The average molecular weight is 356 g/mol. The van der Waals surface area contributed by atoms with Gasteiger partial charge in [0.15, 0.2) is 0 Å². The molecule has 25 heavy (non-hydrogen) atoms. The number of anilines is 1. The minimum Gasteiger partial charge on any atom is -0.356 e. The molecule has 0 aromatic carbocycles. The summed E-state index contributed by atoms with van der Waals surface area (Å²) in [6, 6.07) is 3.80. The lowest BCUT2D eigenvalue weighted by atomic mass is 10.1. The highest BCUT2D eigenvalue weighted by atomic mass is 32.2. The highest BCUT2D eigenvalue weighted by Crippen LogP contribution is 2.09. The van der Waals surface area contributed by atoms with Gasteiger partial charge in [-0.15, -0.1) is 0 Å². The maximum Gasteiger partial charge on any atom is 0.255 e. The van der Waals surface area contributed by atoms with E-state index >= 15 is 0 Å². The molecular weight excluding hydrogens is 336 g/mol. The highest BCUT2D eigenvalue weighted by Gasteiger charge is 2.04. The largest absolute Gasteiger partial charge is 0.356 e. The van der Waals surface area contributed by atoms with Crippen molar-refractivity contribution in [3.05, 3.63) is 70.4 Å². The Labute approximate surface area is 149 Å². The number of nitrogens with zero attached hydrogens (tertiary/aromatic N) is 3. The molecule has 0 aliphatic rings. The van der Waals surface area contributed by atoms with E-state index in [-0.39, 0.29) is 5.56 Å². The summed E-state index contributed by atoms with van der Waals surface area (Å²) < 4.78 is 0. The molecule has 7 nitrogen and oxygen atoms in total. The lowest BCUT2D eigenvalue weighted by molar-refractivity contribution is 0.941. The molecule has 0 bridgehead atoms. The summed E-state index contributed by atoms with van der Waals surface area (Å²) >= 11 is 1.82. The second kappa shape index (κ2) is 9.03. The van der Waals surface area contributed by atoms with Crippen molar-refractivity contribution in [2.75, 3.05) is 17.6 Å². The van der Waals surface area contributed by atoms with E-state index < -0.39 is 0 Å². The van der Waals surface area contributed by atoms with Crippen LogP contribution in [0.15, 0.2) is 47.9 Å². The van der Waals surface area contributed by atoms with Crippen LogP contribution in [0.1, 0.15) is 23.4 Å². The summed E-state index contributed by atoms with van der Waals surface area (Å²) in [4.78, 5) is 30.5. The minimum atomic E-state index is -0.117. The molecule has 3 heterocycles. The lowest BCUT2D eigenvalue weighted by Gasteiger charge is -2.06. The minimum absolute atomic E-state index is 0.117. The number of aromatic nitrogens is 5. The predicted octanol–water partition coefficient (Wildman–Crippen LogP) is 2.21. The Kier molecular flexibility index (Phi) is 6.22. The summed E-state index contributed by atoms with van der Waals surface area (Å²) in [5.41, 5.74) is 1.50. The monoisotopic (exact) mass is 356 g/mol. The maximum absolute atomic E-state index is 12.1. The van der Waals surface area contributed by atoms with Crippen LogP contribution in [-0.4, -0.2) is 37.2 Å². The average Bonchev–Trinajstić information content (AvgIpc) is 3.14. The zero-order chi connectivity index (χ0) is 17.3. The molecule has 0 radical (unpaired) electrons. The Morgan fingerprint density at radius 1 is 1.20 bits per heavy atom. The van der Waals surface area contributed by atoms with Gasteiger partial charge in [0.25, 0.3) is 5.56 Å². The van der Waals surface area contributed by atoms with Gasteiger partial charge < -0.3 is 10.3 Å². The molecule has 0 aliphatic heterocycles. The molecule has 3 N–H and O–H groups in total. The molecule has 0 saturated carbocycles. The van der Waals surface area contributed by atoms with Gasteiger partial charge in [-0.3, -0.25) is 14.8 Å². The summed E-state index contributed by atoms with van der Waals surface area (Å²) in [5, 5.41) is 3.15. The van der Waals surface area contributed by atoms with E-state index in [1.807, 2.05) is 30.1 Å². The maximum atomic E-state index is 12.1. The second-order valence-electron chi connectivity index (χ2n) is 5.49. The topological polar surface area (TPSA) is 99.3 Å². The third-order valence-electron chi connectivity index (χ3n) is 3.54. The quantitative estimate of drug-likeness (QED) is 0.508. The van der Waals surface area contributed by atoms with Crippen LogP contribution in [-0.2, 0) is 12.2 Å². The van der Waals surface area contributed by atoms with Crippen LogP contribution >= 0.6 is 11.8 Å². The van der Waals surface area contributed by atoms with Crippen molar-refractivity contribution in [3.63, 3.8) is 0 Å². The molecule has 0 aliphatic carbocycles. The SMILES string of the molecule is O=c1[nH]c(NCCCSCc2ncc[nH]2)ncc1Cc1cccnc1. The van der Waals surface area contributed by atoms with Crippen LogP contribution in [0.4, 0.5) is 5.95 Å². The van der Waals surface area contributed by atoms with Gasteiger partial charge in [0, 0.05) is 49.5 Å². The van der Waals surface area contributed by atoms with Gasteiger partial charge in [-0.2, -0.15) is 11.8 Å². The smallest absolute Gasteiger partial charge is 0.255 e. The van der Waals surface area contributed by atoms with E-state index in [4.69, 9.17) is 0 Å². The fourth-order valence-corrected chi connectivity index (χ4v) is 3.13. The van der Waals surface area contributed by atoms with Crippen molar-refractivity contribution in [2.24, 2.45) is 0 Å². The van der Waals surface area contributed by atoms with E-state index in [1.54, 1.807) is 24.8 Å². The first-order valence-corrected chi connectivity index (χ1v) is 9.24. The number of pyridine rings is 1. The first kappa shape index (κ1) is 17.2. The van der Waals surface area contributed by atoms with E-state index in [2.05, 4.69) is 30.2 Å². The normalized spacial score (nSPS) is 10.7. The molecule has 8 heteroatoms. The predicted molar refractivity (Wildman–Crippen MR) is 99.8 cm³/mol. The molecule has 0 spiro atoms. The van der Waals surface area contributed by atoms with Gasteiger partial charge in [0.1, 0.15) is 5.82 Å². The fourth-order valence-electron chi connectivity index (χ4n) is 2.29. The van der Waals surface area contributed by atoms with Crippen LogP contribution in [0, 0.1) is 0 Å². The first-order valence-electron chi connectivity index (χ1n) is 8.08. The molecule has 0 unspecified atom stereocenters. The number of imidazole rings is 1. The zero-order valence-corrected chi connectivity index (χ0v) is 14.6. The standard InChI is InChI=1S/C17H20N6OS/c24-16-14(9-13-3-1-4-18-10-13)11-22-17(23-16)21-5-2-8-25-12-15-19-6-7-20-15/h1,3-4,6-7,10-11H,2,5,8-9,12H2,(H,19,20)(H2,21,22,23,24). The Balaban J connectivity index is 1.41. The van der Waals surface area contributed by atoms with E-state index in [9.17, 15) is 4.79 Å². The third-order valence-corrected chi connectivity index (χ3v) is 4.60. The van der Waals surface area contributed by atoms with Crippen molar-refractivity contribution in [1.29, 1.82) is 0 Å². The van der Waals surface area contributed by atoms with Crippen LogP contribution in [0.5, 0.6) is 0 Å². The Bertz CT molecular complexity index is 819. The van der Waals surface area contributed by atoms with Crippen LogP contribution in [0.25, 0.3) is 0 Å². The first-order chi connectivity index (χ1) is 12.3. The molecule has 3 aromatic rings. The number of rotatable bonds is 9. The number of hydrogen-bond donors (Lipinski definition) is 3. The van der Waals surface area contributed by atoms with E-state index in [0.29, 0.717) is 17.9 Å². The van der Waals surface area contributed by atoms with Crippen LogP contribution < -0.4 is 10.9 Å². The molecule has 3 rings (SSSR count). The van der Waals surface area contributed by atoms with Crippen molar-refractivity contribution in [3.8, 4) is 0 Å². The van der Waals surface area contributed by atoms with Crippen molar-refractivity contribution >= 4 is 17.7 Å². The third kappa shape index (κ3) is 5.46. The van der Waals surface area contributed by atoms with Gasteiger partial charge in [0.05, 0.1) is 5.75 Å². The van der Waals surface area contributed by atoms with Gasteiger partial charge in [-0.25, -0.2) is 9.97 Å². The molecule has 3 aromatic heterocycles. The van der Waals surface area contributed by atoms with Crippen LogP contribution in [0.3, 0.4) is 0 Å². The Morgan fingerprint density at radius 3 is 2.92 bits per heavy atom. The van der Waals surface area contributed by atoms with Gasteiger partial charge in [0.2, 0.25) is 5.95 Å². The second-order valence-corrected chi connectivity index (χ2v) is 6.60. The Hall–Kier alpha value is -2.61. The number of nitrogens with one attached hydrogen (secondary N) is 3. The van der Waals surface area contributed by atoms with Crippen molar-refractivity contribution < 1.29 is 0 Å². The summed E-state index contributed by atoms with van der Waals surface area (Å²) in [6.07, 6.45) is 10.2. The molecule has 130 valence electrons. The summed E-state index contributed by atoms with van der Waals surface area (Å²) in [6.45, 7) is 0.760. The molecule has 0 atom stereocenters. The van der Waals surface area contributed by atoms with Crippen molar-refractivity contribution in [1.82, 2.24) is 24.9 Å². The number of H-pyrrole nitrogens is 2. The summed E-state index contributed by atoms with van der Waals surface area (Å²) in [7, 11) is 0. The van der Waals surface area contributed by atoms with E-state index in [0.717, 1.165) is 35.9 Å². The highest BCUT2D eigenvalue weighted by molar-refractivity contribution is 7.98.